The van der Waals surface area contributed by atoms with Crippen LogP contribution >= 0.6 is 0 Å². The Bertz CT molecular complexity index is 1080. The third-order valence-corrected chi connectivity index (χ3v) is 5.24. The number of hydrogen-bond donors (Lipinski definition) is 2. The van der Waals surface area contributed by atoms with Gasteiger partial charge < -0.3 is 15.4 Å². The van der Waals surface area contributed by atoms with Crippen molar-refractivity contribution in [2.24, 2.45) is 11.0 Å². The first-order valence-corrected chi connectivity index (χ1v) is 10.9. The largest absolute Gasteiger partial charge is 0.489 e. The summed E-state index contributed by atoms with van der Waals surface area (Å²) in [5.41, 5.74) is 10.2. The fourth-order valence-corrected chi connectivity index (χ4v) is 3.47. The zero-order valence-corrected chi connectivity index (χ0v) is 18.5. The SMILES string of the molecule is [N-]=[N+]=NCCCNC(=O)c1ccc(COc2ccc(NC(=O)C3CC(=O)CC(=O)C3)cc2)cc1. The van der Waals surface area contributed by atoms with Crippen molar-refractivity contribution in [2.75, 3.05) is 18.4 Å². The van der Waals surface area contributed by atoms with Gasteiger partial charge in [0.05, 0.1) is 12.3 Å². The van der Waals surface area contributed by atoms with Gasteiger partial charge in [0.15, 0.2) is 0 Å². The van der Waals surface area contributed by atoms with Crippen molar-refractivity contribution in [3.05, 3.63) is 70.1 Å². The Morgan fingerprint density at radius 1 is 1.03 bits per heavy atom. The van der Waals surface area contributed by atoms with Crippen molar-refractivity contribution in [2.45, 2.75) is 32.3 Å². The number of azide groups is 1. The summed E-state index contributed by atoms with van der Waals surface area (Å²) in [5.74, 6) is -0.953. The molecule has 0 aliphatic heterocycles. The Morgan fingerprint density at radius 3 is 2.35 bits per heavy atom. The molecule has 0 saturated heterocycles. The van der Waals surface area contributed by atoms with E-state index in [4.69, 9.17) is 10.3 Å². The summed E-state index contributed by atoms with van der Waals surface area (Å²) in [6, 6.07) is 13.8. The van der Waals surface area contributed by atoms with Crippen LogP contribution in [0.15, 0.2) is 53.6 Å². The van der Waals surface area contributed by atoms with Gasteiger partial charge >= 0.3 is 0 Å². The molecule has 0 unspecified atom stereocenters. The van der Waals surface area contributed by atoms with Gasteiger partial charge in [-0.05, 0) is 53.9 Å². The molecule has 0 aromatic heterocycles. The lowest BCUT2D eigenvalue weighted by Crippen LogP contribution is -2.32. The summed E-state index contributed by atoms with van der Waals surface area (Å²) in [6.07, 6.45) is 0.684. The van der Waals surface area contributed by atoms with E-state index in [0.29, 0.717) is 43.1 Å². The highest BCUT2D eigenvalue weighted by Gasteiger charge is 2.30. The molecule has 10 nitrogen and oxygen atoms in total. The van der Waals surface area contributed by atoms with E-state index in [1.165, 1.54) is 0 Å². The van der Waals surface area contributed by atoms with E-state index in [1.807, 2.05) is 0 Å². The average Bonchev–Trinajstić information content (AvgIpc) is 2.83. The van der Waals surface area contributed by atoms with Crippen molar-refractivity contribution in [3.8, 4) is 5.75 Å². The second-order valence-corrected chi connectivity index (χ2v) is 7.92. The van der Waals surface area contributed by atoms with Gasteiger partial charge in [-0.1, -0.05) is 17.2 Å². The Morgan fingerprint density at radius 2 is 1.71 bits per heavy atom. The van der Waals surface area contributed by atoms with Crippen LogP contribution in [0.5, 0.6) is 5.75 Å². The Kier molecular flexibility index (Phi) is 8.76. The number of nitrogens with zero attached hydrogens (tertiary/aromatic N) is 3. The summed E-state index contributed by atoms with van der Waals surface area (Å²) < 4.78 is 5.76. The van der Waals surface area contributed by atoms with Crippen molar-refractivity contribution < 1.29 is 23.9 Å². The zero-order chi connectivity index (χ0) is 24.3. The van der Waals surface area contributed by atoms with Crippen LogP contribution in [0.4, 0.5) is 5.69 Å². The Labute approximate surface area is 196 Å². The molecular formula is C24H25N5O5. The average molecular weight is 463 g/mol. The van der Waals surface area contributed by atoms with Crippen molar-refractivity contribution in [1.29, 1.82) is 0 Å². The van der Waals surface area contributed by atoms with Gasteiger partial charge in [0.2, 0.25) is 5.91 Å². The van der Waals surface area contributed by atoms with Crippen LogP contribution in [0.2, 0.25) is 0 Å². The summed E-state index contributed by atoms with van der Waals surface area (Å²) in [7, 11) is 0. The molecule has 3 rings (SSSR count). The number of ketones is 2. The highest BCUT2D eigenvalue weighted by Crippen LogP contribution is 2.22. The van der Waals surface area contributed by atoms with Gasteiger partial charge in [-0.3, -0.25) is 19.2 Å². The molecule has 0 atom stereocenters. The third kappa shape index (κ3) is 7.46. The van der Waals surface area contributed by atoms with Crippen molar-refractivity contribution in [1.82, 2.24) is 5.32 Å². The van der Waals surface area contributed by atoms with Crippen molar-refractivity contribution >= 4 is 29.1 Å². The standard InChI is InChI=1S/C24H25N5O5/c25-29-27-11-1-10-26-23(32)17-4-2-16(3-5-17)15-34-22-8-6-19(7-9-22)28-24(33)18-12-20(30)14-21(31)13-18/h2-9,18H,1,10-15H2,(H,26,32)(H,28,33). The maximum absolute atomic E-state index is 12.3. The van der Waals surface area contributed by atoms with Crippen LogP contribution in [0.1, 0.15) is 41.6 Å². The second-order valence-electron chi connectivity index (χ2n) is 7.92. The number of hydrogen-bond acceptors (Lipinski definition) is 6. The van der Waals surface area contributed by atoms with Gasteiger partial charge in [0, 0.05) is 42.1 Å². The van der Waals surface area contributed by atoms with E-state index in [2.05, 4.69) is 20.7 Å². The quantitative estimate of drug-likeness (QED) is 0.181. The Hall–Kier alpha value is -4.17. The van der Waals surface area contributed by atoms with Gasteiger partial charge in [-0.15, -0.1) is 0 Å². The fraction of sp³-hybridized carbons (Fsp3) is 0.333. The number of carbonyl (C=O) groups excluding carboxylic acids is 4. The molecule has 2 amide bonds. The van der Waals surface area contributed by atoms with Crippen LogP contribution in [0.3, 0.4) is 0 Å². The number of benzene rings is 2. The van der Waals surface area contributed by atoms with Gasteiger partial charge in [0.25, 0.3) is 5.91 Å². The molecule has 0 radical (unpaired) electrons. The first kappa shape index (κ1) is 24.5. The molecule has 2 N–H and O–H groups in total. The highest BCUT2D eigenvalue weighted by molar-refractivity contribution is 6.07. The zero-order valence-electron chi connectivity index (χ0n) is 18.5. The van der Waals surface area contributed by atoms with E-state index >= 15 is 0 Å². The lowest BCUT2D eigenvalue weighted by Gasteiger charge is -2.19. The smallest absolute Gasteiger partial charge is 0.251 e. The minimum absolute atomic E-state index is 0.0775. The molecule has 176 valence electrons. The second kappa shape index (κ2) is 12.2. The summed E-state index contributed by atoms with van der Waals surface area (Å²) in [6.45, 7) is 1.06. The molecule has 2 aromatic carbocycles. The maximum atomic E-state index is 12.3. The predicted molar refractivity (Wildman–Crippen MR) is 124 cm³/mol. The van der Waals surface area contributed by atoms with E-state index < -0.39 is 5.92 Å². The maximum Gasteiger partial charge on any atom is 0.251 e. The molecule has 1 aliphatic carbocycles. The molecule has 2 aromatic rings. The molecule has 1 aliphatic rings. The lowest BCUT2D eigenvalue weighted by atomic mass is 9.87. The molecular weight excluding hydrogens is 438 g/mol. The van der Waals surface area contributed by atoms with Crippen LogP contribution in [-0.2, 0) is 21.0 Å². The number of anilines is 1. The minimum Gasteiger partial charge on any atom is -0.489 e. The molecule has 0 heterocycles. The molecule has 10 heteroatoms. The van der Waals surface area contributed by atoms with E-state index in [-0.39, 0.29) is 42.6 Å². The van der Waals surface area contributed by atoms with Crippen LogP contribution in [-0.4, -0.2) is 36.5 Å². The van der Waals surface area contributed by atoms with E-state index in [9.17, 15) is 19.2 Å². The number of nitrogens with one attached hydrogen (secondary N) is 2. The minimum atomic E-state index is -0.618. The summed E-state index contributed by atoms with van der Waals surface area (Å²) in [5, 5.41) is 8.91. The number of Topliss-reactive ketones (excluding diaryl/α,β-unsaturated/α-hetero) is 2. The number of amides is 2. The van der Waals surface area contributed by atoms with Gasteiger partial charge in [-0.25, -0.2) is 0 Å². The van der Waals surface area contributed by atoms with Gasteiger partial charge in [0.1, 0.15) is 23.9 Å². The summed E-state index contributed by atoms with van der Waals surface area (Å²) in [4.78, 5) is 50.2. The highest BCUT2D eigenvalue weighted by atomic mass is 16.5. The van der Waals surface area contributed by atoms with E-state index in [1.54, 1.807) is 48.5 Å². The fourth-order valence-electron chi connectivity index (χ4n) is 3.47. The topological polar surface area (TPSA) is 150 Å². The normalized spacial score (nSPS) is 13.6. The first-order chi connectivity index (χ1) is 16.4. The molecule has 1 fully saturated rings. The lowest BCUT2D eigenvalue weighted by molar-refractivity contribution is -0.136. The van der Waals surface area contributed by atoms with Crippen LogP contribution in [0, 0.1) is 5.92 Å². The number of carbonyl (C=O) groups is 4. The monoisotopic (exact) mass is 463 g/mol. The number of rotatable bonds is 10. The molecule has 0 spiro atoms. The predicted octanol–water partition coefficient (Wildman–Crippen LogP) is 3.57. The first-order valence-electron chi connectivity index (χ1n) is 10.9. The van der Waals surface area contributed by atoms with E-state index in [0.717, 1.165) is 5.56 Å². The molecule has 1 saturated carbocycles. The van der Waals surface area contributed by atoms with Gasteiger partial charge in [-0.2, -0.15) is 0 Å². The Balaban J connectivity index is 1.44. The van der Waals surface area contributed by atoms with Crippen LogP contribution in [0.25, 0.3) is 10.4 Å². The van der Waals surface area contributed by atoms with Crippen molar-refractivity contribution in [3.63, 3.8) is 0 Å². The van der Waals surface area contributed by atoms with Crippen LogP contribution < -0.4 is 15.4 Å². The third-order valence-electron chi connectivity index (χ3n) is 5.24. The molecule has 0 bridgehead atoms. The summed E-state index contributed by atoms with van der Waals surface area (Å²) >= 11 is 0. The number of ether oxygens (including phenoxy) is 1. The molecule has 34 heavy (non-hydrogen) atoms.